The van der Waals surface area contributed by atoms with Gasteiger partial charge in [0.1, 0.15) is 11.6 Å². The maximum absolute atomic E-state index is 13.2. The van der Waals surface area contributed by atoms with Crippen LogP contribution in [0.3, 0.4) is 0 Å². The monoisotopic (exact) mass is 415 g/mol. The molecule has 0 saturated heterocycles. The molecule has 3 aromatic rings. The number of carbonyl (C=O) groups excluding carboxylic acids is 1. The number of amides is 1. The SMILES string of the molecule is COc1ccccc1/C=N/Nc1nnc(SCC(=O)Nc2cccc(F)c2)n1N. The predicted molar refractivity (Wildman–Crippen MR) is 110 cm³/mol. The number of nitrogen functional groups attached to an aromatic ring is 1. The second-order valence-corrected chi connectivity index (χ2v) is 6.58. The first-order valence-corrected chi connectivity index (χ1v) is 9.36. The molecule has 0 aliphatic rings. The Morgan fingerprint density at radius 3 is 2.93 bits per heavy atom. The van der Waals surface area contributed by atoms with E-state index in [1.165, 1.54) is 22.9 Å². The fraction of sp³-hybridized carbons (Fsp3) is 0.111. The van der Waals surface area contributed by atoms with Crippen LogP contribution in [0.25, 0.3) is 0 Å². The Kier molecular flexibility index (Phi) is 6.63. The molecule has 1 aromatic heterocycles. The number of halogens is 1. The molecule has 0 aliphatic carbocycles. The minimum absolute atomic E-state index is 0.0241. The van der Waals surface area contributed by atoms with Crippen LogP contribution in [0.1, 0.15) is 5.56 Å². The number of hydrazone groups is 1. The van der Waals surface area contributed by atoms with E-state index in [1.54, 1.807) is 19.4 Å². The van der Waals surface area contributed by atoms with E-state index in [4.69, 9.17) is 10.6 Å². The number of nitrogens with one attached hydrogen (secondary N) is 2. The van der Waals surface area contributed by atoms with E-state index in [0.717, 1.165) is 17.3 Å². The number of ether oxygens (including phenoxy) is 1. The molecule has 1 amide bonds. The van der Waals surface area contributed by atoms with Crippen molar-refractivity contribution < 1.29 is 13.9 Å². The highest BCUT2D eigenvalue weighted by Gasteiger charge is 2.12. The number of aromatic nitrogens is 3. The summed E-state index contributed by atoms with van der Waals surface area (Å²) in [5, 5.41) is 14.8. The molecular formula is C18H18FN7O2S. The van der Waals surface area contributed by atoms with Crippen LogP contribution < -0.4 is 21.3 Å². The zero-order valence-electron chi connectivity index (χ0n) is 15.4. The number of nitrogens with zero attached hydrogens (tertiary/aromatic N) is 4. The van der Waals surface area contributed by atoms with Gasteiger partial charge in [-0.2, -0.15) is 5.10 Å². The normalized spacial score (nSPS) is 10.8. The summed E-state index contributed by atoms with van der Waals surface area (Å²) in [5.41, 5.74) is 3.83. The number of nitrogens with two attached hydrogens (primary N) is 1. The van der Waals surface area contributed by atoms with Crippen molar-refractivity contribution >= 4 is 35.5 Å². The van der Waals surface area contributed by atoms with Gasteiger partial charge >= 0.3 is 0 Å². The van der Waals surface area contributed by atoms with Gasteiger partial charge in [0, 0.05) is 11.3 Å². The van der Waals surface area contributed by atoms with Gasteiger partial charge in [-0.15, -0.1) is 10.2 Å². The lowest BCUT2D eigenvalue weighted by Gasteiger charge is -2.05. The van der Waals surface area contributed by atoms with Crippen LogP contribution >= 0.6 is 11.8 Å². The molecule has 9 nitrogen and oxygen atoms in total. The Morgan fingerprint density at radius 1 is 1.31 bits per heavy atom. The molecule has 3 rings (SSSR count). The highest BCUT2D eigenvalue weighted by atomic mass is 32.2. The molecule has 0 saturated carbocycles. The van der Waals surface area contributed by atoms with Gasteiger partial charge in [0.2, 0.25) is 11.1 Å². The van der Waals surface area contributed by atoms with Crippen molar-refractivity contribution in [1.82, 2.24) is 14.9 Å². The van der Waals surface area contributed by atoms with Crippen molar-refractivity contribution in [3.8, 4) is 5.75 Å². The summed E-state index contributed by atoms with van der Waals surface area (Å²) in [7, 11) is 1.57. The predicted octanol–water partition coefficient (Wildman–Crippen LogP) is 2.32. The molecule has 1 heterocycles. The van der Waals surface area contributed by atoms with Crippen LogP contribution in [0.15, 0.2) is 58.8 Å². The summed E-state index contributed by atoms with van der Waals surface area (Å²) in [6.07, 6.45) is 1.56. The summed E-state index contributed by atoms with van der Waals surface area (Å²) >= 11 is 1.08. The van der Waals surface area contributed by atoms with Crippen molar-refractivity contribution in [1.29, 1.82) is 0 Å². The Balaban J connectivity index is 1.55. The van der Waals surface area contributed by atoms with Crippen LogP contribution in [-0.2, 0) is 4.79 Å². The quantitative estimate of drug-likeness (QED) is 0.223. The van der Waals surface area contributed by atoms with Gasteiger partial charge < -0.3 is 15.9 Å². The zero-order chi connectivity index (χ0) is 20.6. The minimum atomic E-state index is -0.429. The molecule has 4 N–H and O–H groups in total. The molecule has 11 heteroatoms. The van der Waals surface area contributed by atoms with E-state index < -0.39 is 5.82 Å². The maximum atomic E-state index is 13.2. The highest BCUT2D eigenvalue weighted by Crippen LogP contribution is 2.18. The molecule has 0 bridgehead atoms. The van der Waals surface area contributed by atoms with Gasteiger partial charge in [-0.1, -0.05) is 30.0 Å². The fourth-order valence-corrected chi connectivity index (χ4v) is 2.93. The molecule has 0 atom stereocenters. The third kappa shape index (κ3) is 5.45. The Hall–Kier alpha value is -3.60. The van der Waals surface area contributed by atoms with Crippen molar-refractivity contribution in [3.05, 3.63) is 59.9 Å². The number of hydrogen-bond donors (Lipinski definition) is 3. The number of benzene rings is 2. The Bertz CT molecular complexity index is 1020. The van der Waals surface area contributed by atoms with Crippen LogP contribution in [-0.4, -0.2) is 39.9 Å². The molecular weight excluding hydrogens is 397 g/mol. The molecule has 2 aromatic carbocycles. The molecule has 0 spiro atoms. The highest BCUT2D eigenvalue weighted by molar-refractivity contribution is 7.99. The van der Waals surface area contributed by atoms with Crippen LogP contribution in [0.5, 0.6) is 5.75 Å². The third-order valence-electron chi connectivity index (χ3n) is 3.61. The standard InChI is InChI=1S/C18H18FN7O2S/c1-28-15-8-3-2-5-12(15)10-21-23-17-24-25-18(26(17)20)29-11-16(27)22-14-7-4-6-13(19)9-14/h2-10H,11,20H2,1H3,(H,22,27)(H,23,24)/b21-10+. The largest absolute Gasteiger partial charge is 0.496 e. The number of anilines is 2. The molecule has 0 unspecified atom stereocenters. The second-order valence-electron chi connectivity index (χ2n) is 5.64. The van der Waals surface area contributed by atoms with E-state index in [1.807, 2.05) is 24.3 Å². The zero-order valence-corrected chi connectivity index (χ0v) is 16.2. The molecule has 0 radical (unpaired) electrons. The van der Waals surface area contributed by atoms with E-state index in [2.05, 4.69) is 26.0 Å². The molecule has 150 valence electrons. The Labute approximate surface area is 170 Å². The van der Waals surface area contributed by atoms with Crippen LogP contribution in [0.2, 0.25) is 0 Å². The number of para-hydroxylation sites is 1. The summed E-state index contributed by atoms with van der Waals surface area (Å²) in [4.78, 5) is 12.0. The van der Waals surface area contributed by atoms with Gasteiger partial charge in [0.25, 0.3) is 5.95 Å². The van der Waals surface area contributed by atoms with Gasteiger partial charge in [0.15, 0.2) is 0 Å². The van der Waals surface area contributed by atoms with Crippen LogP contribution in [0.4, 0.5) is 16.0 Å². The van der Waals surface area contributed by atoms with Crippen LogP contribution in [0, 0.1) is 5.82 Å². The lowest BCUT2D eigenvalue weighted by Crippen LogP contribution is -2.17. The smallest absolute Gasteiger partial charge is 0.264 e. The average molecular weight is 415 g/mol. The number of hydrogen-bond acceptors (Lipinski definition) is 8. The lowest BCUT2D eigenvalue weighted by atomic mass is 10.2. The maximum Gasteiger partial charge on any atom is 0.264 e. The van der Waals surface area contributed by atoms with E-state index in [9.17, 15) is 9.18 Å². The number of thioether (sulfide) groups is 1. The van der Waals surface area contributed by atoms with Gasteiger partial charge in [0.05, 0.1) is 19.1 Å². The summed E-state index contributed by atoms with van der Waals surface area (Å²) in [5.74, 6) is 6.07. The first-order chi connectivity index (χ1) is 14.1. The van der Waals surface area contributed by atoms with Crippen molar-refractivity contribution in [2.75, 3.05) is 29.4 Å². The van der Waals surface area contributed by atoms with E-state index in [0.29, 0.717) is 16.6 Å². The number of carbonyl (C=O) groups is 1. The summed E-state index contributed by atoms with van der Waals surface area (Å²) in [6.45, 7) is 0. The fourth-order valence-electron chi connectivity index (χ4n) is 2.28. The van der Waals surface area contributed by atoms with Gasteiger partial charge in [-0.25, -0.2) is 14.5 Å². The number of rotatable bonds is 8. The average Bonchev–Trinajstić information content (AvgIpc) is 3.06. The third-order valence-corrected chi connectivity index (χ3v) is 4.56. The van der Waals surface area contributed by atoms with Crippen molar-refractivity contribution in [2.45, 2.75) is 5.16 Å². The van der Waals surface area contributed by atoms with Gasteiger partial charge in [-0.3, -0.25) is 4.79 Å². The Morgan fingerprint density at radius 2 is 2.14 bits per heavy atom. The second kappa shape index (κ2) is 9.55. The van der Waals surface area contributed by atoms with Gasteiger partial charge in [-0.05, 0) is 30.3 Å². The first-order valence-electron chi connectivity index (χ1n) is 8.37. The van der Waals surface area contributed by atoms with Crippen molar-refractivity contribution in [2.24, 2.45) is 5.10 Å². The minimum Gasteiger partial charge on any atom is -0.496 e. The lowest BCUT2D eigenvalue weighted by molar-refractivity contribution is -0.113. The number of methoxy groups -OCH3 is 1. The first kappa shape index (κ1) is 20.1. The van der Waals surface area contributed by atoms with E-state index in [-0.39, 0.29) is 17.6 Å². The topological polar surface area (TPSA) is 119 Å². The summed E-state index contributed by atoms with van der Waals surface area (Å²) in [6, 6.07) is 13.0. The summed E-state index contributed by atoms with van der Waals surface area (Å²) < 4.78 is 19.6. The molecule has 0 aliphatic heterocycles. The van der Waals surface area contributed by atoms with Crippen molar-refractivity contribution in [3.63, 3.8) is 0 Å². The molecule has 29 heavy (non-hydrogen) atoms. The van der Waals surface area contributed by atoms with E-state index >= 15 is 0 Å². The molecule has 0 fully saturated rings.